The first-order valence-electron chi connectivity index (χ1n) is 5.32. The lowest BCUT2D eigenvalue weighted by atomic mass is 10.1. The van der Waals surface area contributed by atoms with Gasteiger partial charge in [-0.15, -0.1) is 0 Å². The van der Waals surface area contributed by atoms with Crippen molar-refractivity contribution in [1.29, 1.82) is 0 Å². The first kappa shape index (κ1) is 11.2. The van der Waals surface area contributed by atoms with Crippen LogP contribution in [0.5, 0.6) is 0 Å². The summed E-state index contributed by atoms with van der Waals surface area (Å²) in [6.07, 6.45) is 13.6. The molecule has 0 spiro atoms. The molecule has 1 aliphatic heterocycles. The number of carbonyl (C=O) groups is 1. The number of epoxide rings is 1. The highest BCUT2D eigenvalue weighted by Gasteiger charge is 2.35. The number of hydrogen-bond donors (Lipinski definition) is 0. The smallest absolute Gasteiger partial charge is 0.142 e. The average molecular weight is 194 g/mol. The van der Waals surface area contributed by atoms with Crippen LogP contribution in [0.3, 0.4) is 0 Å². The van der Waals surface area contributed by atoms with Gasteiger partial charge in [-0.3, -0.25) is 4.79 Å². The predicted molar refractivity (Wildman–Crippen MR) is 57.1 cm³/mol. The van der Waals surface area contributed by atoms with E-state index >= 15 is 0 Å². The van der Waals surface area contributed by atoms with Crippen LogP contribution in [0, 0.1) is 0 Å². The van der Waals surface area contributed by atoms with Gasteiger partial charge >= 0.3 is 0 Å². The molecule has 1 saturated heterocycles. The van der Waals surface area contributed by atoms with Gasteiger partial charge < -0.3 is 4.74 Å². The van der Waals surface area contributed by atoms with E-state index in [1.165, 1.54) is 31.8 Å². The van der Waals surface area contributed by atoms with E-state index < -0.39 is 0 Å². The van der Waals surface area contributed by atoms with E-state index in [1.807, 2.05) is 12.2 Å². The monoisotopic (exact) mass is 194 g/mol. The van der Waals surface area contributed by atoms with Gasteiger partial charge in [0, 0.05) is 0 Å². The molecule has 2 atom stereocenters. The van der Waals surface area contributed by atoms with Crippen LogP contribution in [-0.4, -0.2) is 18.5 Å². The van der Waals surface area contributed by atoms with Crippen molar-refractivity contribution < 1.29 is 9.53 Å². The predicted octanol–water partition coefficient (Wildman–Crippen LogP) is 2.65. The molecule has 78 valence electrons. The van der Waals surface area contributed by atoms with Gasteiger partial charge in [0.25, 0.3) is 0 Å². The van der Waals surface area contributed by atoms with Crippen molar-refractivity contribution in [3.63, 3.8) is 0 Å². The maximum atomic E-state index is 9.95. The number of ether oxygens (including phenoxy) is 1. The molecule has 0 aromatic heterocycles. The van der Waals surface area contributed by atoms with Crippen molar-refractivity contribution in [2.75, 3.05) is 0 Å². The second-order valence-corrected chi connectivity index (χ2v) is 3.54. The lowest BCUT2D eigenvalue weighted by Crippen LogP contribution is -1.90. The molecule has 1 fully saturated rings. The fourth-order valence-corrected chi connectivity index (χ4v) is 1.44. The Kier molecular flexibility index (Phi) is 5.23. The Labute approximate surface area is 85.6 Å². The van der Waals surface area contributed by atoms with E-state index in [0.29, 0.717) is 12.2 Å². The highest BCUT2D eigenvalue weighted by molar-refractivity contribution is 5.65. The molecule has 2 nitrogen and oxygen atoms in total. The Morgan fingerprint density at radius 1 is 1.21 bits per heavy atom. The highest BCUT2D eigenvalue weighted by atomic mass is 16.6. The molecular formula is C12H18O2. The third kappa shape index (κ3) is 4.38. The molecule has 14 heavy (non-hydrogen) atoms. The van der Waals surface area contributed by atoms with Crippen molar-refractivity contribution >= 4 is 6.29 Å². The van der Waals surface area contributed by atoms with Gasteiger partial charge in [-0.1, -0.05) is 44.4 Å². The number of allylic oxidation sites excluding steroid dienone is 3. The molecule has 1 rings (SSSR count). The van der Waals surface area contributed by atoms with Gasteiger partial charge in [-0.2, -0.15) is 0 Å². The fraction of sp³-hybridized carbons (Fsp3) is 0.583. The fourth-order valence-electron chi connectivity index (χ4n) is 1.44. The SMILES string of the molecule is CCCCC[C@@H]1O[C@H]1/C=C/C=C/C=O. The minimum atomic E-state index is 0.295. The number of hydrogen-bond acceptors (Lipinski definition) is 2. The third-order valence-electron chi connectivity index (χ3n) is 2.32. The number of carbonyl (C=O) groups excluding carboxylic acids is 1. The van der Waals surface area contributed by atoms with Crippen molar-refractivity contribution in [3.05, 3.63) is 24.3 Å². The third-order valence-corrected chi connectivity index (χ3v) is 2.32. The normalized spacial score (nSPS) is 26.1. The molecule has 0 aliphatic carbocycles. The zero-order chi connectivity index (χ0) is 10.2. The van der Waals surface area contributed by atoms with Crippen molar-refractivity contribution in [2.45, 2.75) is 44.8 Å². The minimum absolute atomic E-state index is 0.295. The molecule has 0 unspecified atom stereocenters. The number of unbranched alkanes of at least 4 members (excludes halogenated alkanes) is 2. The van der Waals surface area contributed by atoms with Gasteiger partial charge in [0.1, 0.15) is 12.4 Å². The Hall–Kier alpha value is -0.890. The van der Waals surface area contributed by atoms with Crippen LogP contribution >= 0.6 is 0 Å². The molecule has 1 heterocycles. The summed E-state index contributed by atoms with van der Waals surface area (Å²) in [5.74, 6) is 0. The summed E-state index contributed by atoms with van der Waals surface area (Å²) < 4.78 is 5.43. The van der Waals surface area contributed by atoms with Crippen LogP contribution in [0.25, 0.3) is 0 Å². The van der Waals surface area contributed by atoms with Crippen LogP contribution in [0.2, 0.25) is 0 Å². The van der Waals surface area contributed by atoms with Crippen LogP contribution in [0.4, 0.5) is 0 Å². The summed E-state index contributed by atoms with van der Waals surface area (Å²) in [5, 5.41) is 0. The minimum Gasteiger partial charge on any atom is -0.365 e. The van der Waals surface area contributed by atoms with Crippen LogP contribution in [0.15, 0.2) is 24.3 Å². The maximum Gasteiger partial charge on any atom is 0.142 e. The summed E-state index contributed by atoms with van der Waals surface area (Å²) in [6, 6.07) is 0. The van der Waals surface area contributed by atoms with Crippen LogP contribution in [-0.2, 0) is 9.53 Å². The summed E-state index contributed by atoms with van der Waals surface area (Å²) >= 11 is 0. The zero-order valence-electron chi connectivity index (χ0n) is 8.69. The standard InChI is InChI=1S/C12H18O2/c1-2-3-5-8-11-12(14-11)9-6-4-7-10-13/h4,6-7,9-12H,2-3,5,8H2,1H3/b7-4+,9-6+/t11-,12-/m0/s1. The molecule has 0 saturated carbocycles. The van der Waals surface area contributed by atoms with Gasteiger partial charge in [0.2, 0.25) is 0 Å². The van der Waals surface area contributed by atoms with E-state index in [9.17, 15) is 4.79 Å². The average Bonchev–Trinajstić information content (AvgIpc) is 2.92. The Morgan fingerprint density at radius 2 is 2.07 bits per heavy atom. The van der Waals surface area contributed by atoms with Gasteiger partial charge in [-0.25, -0.2) is 0 Å². The molecule has 0 amide bonds. The largest absolute Gasteiger partial charge is 0.365 e. The Balaban J connectivity index is 2.04. The molecule has 2 heteroatoms. The lowest BCUT2D eigenvalue weighted by Gasteiger charge is -1.92. The molecule has 0 N–H and O–H groups in total. The van der Waals surface area contributed by atoms with Gasteiger partial charge in [0.15, 0.2) is 0 Å². The quantitative estimate of drug-likeness (QED) is 0.205. The molecule has 0 aromatic carbocycles. The summed E-state index contributed by atoms with van der Waals surface area (Å²) in [5.41, 5.74) is 0. The topological polar surface area (TPSA) is 29.6 Å². The second kappa shape index (κ2) is 6.55. The number of aldehydes is 1. The van der Waals surface area contributed by atoms with E-state index in [-0.39, 0.29) is 0 Å². The van der Waals surface area contributed by atoms with Crippen molar-refractivity contribution in [1.82, 2.24) is 0 Å². The first-order valence-corrected chi connectivity index (χ1v) is 5.32. The zero-order valence-corrected chi connectivity index (χ0v) is 8.69. The Bertz CT molecular complexity index is 218. The molecule has 0 aromatic rings. The second-order valence-electron chi connectivity index (χ2n) is 3.54. The summed E-state index contributed by atoms with van der Waals surface area (Å²) in [4.78, 5) is 9.95. The first-order chi connectivity index (χ1) is 6.88. The Morgan fingerprint density at radius 3 is 2.79 bits per heavy atom. The van der Waals surface area contributed by atoms with E-state index in [1.54, 1.807) is 6.08 Å². The van der Waals surface area contributed by atoms with Crippen molar-refractivity contribution in [3.8, 4) is 0 Å². The van der Waals surface area contributed by atoms with E-state index in [0.717, 1.165) is 6.29 Å². The van der Waals surface area contributed by atoms with Crippen LogP contribution < -0.4 is 0 Å². The van der Waals surface area contributed by atoms with Gasteiger partial charge in [-0.05, 0) is 12.5 Å². The van der Waals surface area contributed by atoms with E-state index in [2.05, 4.69) is 6.92 Å². The number of rotatable bonds is 7. The van der Waals surface area contributed by atoms with E-state index in [4.69, 9.17) is 4.74 Å². The molecule has 0 bridgehead atoms. The van der Waals surface area contributed by atoms with Gasteiger partial charge in [0.05, 0.1) is 6.10 Å². The maximum absolute atomic E-state index is 9.95. The molecular weight excluding hydrogens is 176 g/mol. The van der Waals surface area contributed by atoms with Crippen LogP contribution in [0.1, 0.15) is 32.6 Å². The summed E-state index contributed by atoms with van der Waals surface area (Å²) in [6.45, 7) is 2.20. The summed E-state index contributed by atoms with van der Waals surface area (Å²) in [7, 11) is 0. The molecule has 1 aliphatic rings. The molecule has 0 radical (unpaired) electrons. The highest BCUT2D eigenvalue weighted by Crippen LogP contribution is 2.28. The van der Waals surface area contributed by atoms with Crippen molar-refractivity contribution in [2.24, 2.45) is 0 Å². The lowest BCUT2D eigenvalue weighted by molar-refractivity contribution is -0.104.